The molecule has 0 amide bonds. The molecule has 0 aromatic heterocycles. The van der Waals surface area contributed by atoms with Crippen molar-refractivity contribution in [3.05, 3.63) is 35.9 Å². The lowest BCUT2D eigenvalue weighted by Gasteiger charge is -2.38. The van der Waals surface area contributed by atoms with Crippen LogP contribution in [-0.4, -0.2) is 31.1 Å². The minimum Gasteiger partial charge on any atom is -0.463 e. The van der Waals surface area contributed by atoms with E-state index in [-0.39, 0.29) is 12.1 Å². The molecule has 0 aliphatic heterocycles. The lowest BCUT2D eigenvalue weighted by atomic mass is 9.75. The first-order valence-corrected chi connectivity index (χ1v) is 8.37. The average Bonchev–Trinajstić information content (AvgIpc) is 2.48. The van der Waals surface area contributed by atoms with Crippen molar-refractivity contribution in [2.45, 2.75) is 51.7 Å². The smallest absolute Gasteiger partial charge is 0.302 e. The summed E-state index contributed by atoms with van der Waals surface area (Å²) in [5.41, 5.74) is 1.41. The van der Waals surface area contributed by atoms with Crippen molar-refractivity contribution >= 4 is 5.97 Å². The molecule has 0 saturated heterocycles. The predicted octanol–water partition coefficient (Wildman–Crippen LogP) is 4.05. The van der Waals surface area contributed by atoms with Crippen LogP contribution in [0.4, 0.5) is 0 Å². The Morgan fingerprint density at radius 2 is 1.64 bits per heavy atom. The van der Waals surface area contributed by atoms with E-state index in [4.69, 9.17) is 4.74 Å². The lowest BCUT2D eigenvalue weighted by molar-refractivity contribution is -0.148. The molecule has 122 valence electrons. The van der Waals surface area contributed by atoms with E-state index in [1.54, 1.807) is 0 Å². The molecule has 0 bridgehead atoms. The summed E-state index contributed by atoms with van der Waals surface area (Å²) in [4.78, 5) is 13.5. The van der Waals surface area contributed by atoms with Crippen molar-refractivity contribution in [1.29, 1.82) is 0 Å². The van der Waals surface area contributed by atoms with E-state index in [0.717, 1.165) is 12.8 Å². The van der Waals surface area contributed by atoms with Gasteiger partial charge in [0.25, 0.3) is 0 Å². The van der Waals surface area contributed by atoms with Crippen LogP contribution in [0.3, 0.4) is 0 Å². The summed E-state index contributed by atoms with van der Waals surface area (Å²) < 4.78 is 5.37. The van der Waals surface area contributed by atoms with Crippen LogP contribution in [0.5, 0.6) is 0 Å². The van der Waals surface area contributed by atoms with Crippen molar-refractivity contribution < 1.29 is 9.53 Å². The molecular formula is C19H29NO2. The van der Waals surface area contributed by atoms with Gasteiger partial charge in [0.15, 0.2) is 0 Å². The Bertz CT molecular complexity index is 464. The highest BCUT2D eigenvalue weighted by molar-refractivity contribution is 5.66. The van der Waals surface area contributed by atoms with Crippen molar-refractivity contribution in [2.24, 2.45) is 11.8 Å². The molecule has 1 saturated carbocycles. The van der Waals surface area contributed by atoms with Gasteiger partial charge in [-0.15, -0.1) is 0 Å². The molecule has 2 unspecified atom stereocenters. The van der Waals surface area contributed by atoms with Gasteiger partial charge in [-0.3, -0.25) is 4.79 Å². The zero-order chi connectivity index (χ0) is 16.1. The molecule has 1 aliphatic carbocycles. The molecule has 0 N–H and O–H groups in total. The van der Waals surface area contributed by atoms with E-state index in [9.17, 15) is 4.79 Å². The Balaban J connectivity index is 1.98. The van der Waals surface area contributed by atoms with Gasteiger partial charge in [0, 0.05) is 13.0 Å². The second-order valence-electron chi connectivity index (χ2n) is 6.81. The third-order valence-corrected chi connectivity index (χ3v) is 4.98. The van der Waals surface area contributed by atoms with E-state index in [1.165, 1.54) is 25.3 Å². The maximum Gasteiger partial charge on any atom is 0.302 e. The first kappa shape index (κ1) is 17.0. The number of rotatable bonds is 5. The number of esters is 1. The number of benzene rings is 1. The monoisotopic (exact) mass is 303 g/mol. The Morgan fingerprint density at radius 3 is 2.14 bits per heavy atom. The molecule has 1 aliphatic rings. The SMILES string of the molecule is CC(=O)OC(C)C1CCC(C(c2ccccc2)N(C)C)CC1. The second-order valence-corrected chi connectivity index (χ2v) is 6.81. The Morgan fingerprint density at radius 1 is 1.09 bits per heavy atom. The van der Waals surface area contributed by atoms with Gasteiger partial charge >= 0.3 is 5.97 Å². The number of carbonyl (C=O) groups excluding carboxylic acids is 1. The number of hydrogen-bond donors (Lipinski definition) is 0. The molecule has 22 heavy (non-hydrogen) atoms. The minimum absolute atomic E-state index is 0.0491. The van der Waals surface area contributed by atoms with Crippen LogP contribution in [0.15, 0.2) is 30.3 Å². The van der Waals surface area contributed by atoms with Crippen LogP contribution >= 0.6 is 0 Å². The number of nitrogens with zero attached hydrogens (tertiary/aromatic N) is 1. The summed E-state index contributed by atoms with van der Waals surface area (Å²) >= 11 is 0. The average molecular weight is 303 g/mol. The molecule has 0 spiro atoms. The summed E-state index contributed by atoms with van der Waals surface area (Å²) in [7, 11) is 4.34. The van der Waals surface area contributed by atoms with Gasteiger partial charge in [0.1, 0.15) is 6.10 Å². The molecule has 3 heteroatoms. The summed E-state index contributed by atoms with van der Waals surface area (Å²) in [5.74, 6) is 1.03. The predicted molar refractivity (Wildman–Crippen MR) is 89.5 cm³/mol. The minimum atomic E-state index is -0.162. The molecule has 3 nitrogen and oxygen atoms in total. The summed E-state index contributed by atoms with van der Waals surface area (Å²) in [6.45, 7) is 3.53. The molecule has 2 atom stereocenters. The van der Waals surface area contributed by atoms with Crippen LogP contribution in [0.2, 0.25) is 0 Å². The van der Waals surface area contributed by atoms with Crippen LogP contribution in [-0.2, 0) is 9.53 Å². The Labute approximate surface area is 134 Å². The first-order valence-electron chi connectivity index (χ1n) is 8.37. The Hall–Kier alpha value is -1.35. The standard InChI is InChI=1S/C19H29NO2/c1-14(22-15(2)21)16-10-12-18(13-11-16)19(20(3)4)17-8-6-5-7-9-17/h5-9,14,16,18-19H,10-13H2,1-4H3. The highest BCUT2D eigenvalue weighted by Gasteiger charge is 2.32. The van der Waals surface area contributed by atoms with Crippen molar-refractivity contribution in [3.8, 4) is 0 Å². The summed E-state index contributed by atoms with van der Waals surface area (Å²) in [6, 6.07) is 11.3. The third-order valence-electron chi connectivity index (χ3n) is 4.98. The molecule has 2 rings (SSSR count). The van der Waals surface area contributed by atoms with Crippen LogP contribution < -0.4 is 0 Å². The van der Waals surface area contributed by atoms with Gasteiger partial charge < -0.3 is 9.64 Å². The molecule has 1 aromatic rings. The quantitative estimate of drug-likeness (QED) is 0.769. The van der Waals surface area contributed by atoms with Gasteiger partial charge in [0.05, 0.1) is 0 Å². The van der Waals surface area contributed by atoms with Gasteiger partial charge in [-0.2, -0.15) is 0 Å². The van der Waals surface area contributed by atoms with Gasteiger partial charge in [-0.05, 0) is 64.1 Å². The maximum atomic E-state index is 11.1. The van der Waals surface area contributed by atoms with Crippen molar-refractivity contribution in [1.82, 2.24) is 4.90 Å². The number of ether oxygens (including phenoxy) is 1. The zero-order valence-electron chi connectivity index (χ0n) is 14.3. The summed E-state index contributed by atoms with van der Waals surface area (Å²) in [5, 5.41) is 0. The van der Waals surface area contributed by atoms with E-state index in [0.29, 0.717) is 17.9 Å². The van der Waals surface area contributed by atoms with Gasteiger partial charge in [-0.25, -0.2) is 0 Å². The maximum absolute atomic E-state index is 11.1. The van der Waals surface area contributed by atoms with E-state index in [2.05, 4.69) is 49.3 Å². The fourth-order valence-electron chi connectivity index (χ4n) is 3.93. The zero-order valence-corrected chi connectivity index (χ0v) is 14.3. The van der Waals surface area contributed by atoms with E-state index in [1.807, 2.05) is 6.92 Å². The third kappa shape index (κ3) is 4.33. The van der Waals surface area contributed by atoms with E-state index >= 15 is 0 Å². The lowest BCUT2D eigenvalue weighted by Crippen LogP contribution is -2.33. The van der Waals surface area contributed by atoms with Crippen molar-refractivity contribution in [2.75, 3.05) is 14.1 Å². The second kappa shape index (κ2) is 7.77. The normalized spacial score (nSPS) is 24.8. The molecule has 1 aromatic carbocycles. The number of carbonyl (C=O) groups is 1. The van der Waals surface area contributed by atoms with Crippen LogP contribution in [0, 0.1) is 11.8 Å². The summed E-state index contributed by atoms with van der Waals surface area (Å²) in [6.07, 6.45) is 4.75. The van der Waals surface area contributed by atoms with E-state index < -0.39 is 0 Å². The van der Waals surface area contributed by atoms with Crippen molar-refractivity contribution in [3.63, 3.8) is 0 Å². The van der Waals surface area contributed by atoms with Crippen LogP contribution in [0.1, 0.15) is 51.1 Å². The molecule has 0 radical (unpaired) electrons. The molecular weight excluding hydrogens is 274 g/mol. The topological polar surface area (TPSA) is 29.5 Å². The van der Waals surface area contributed by atoms with Gasteiger partial charge in [0.2, 0.25) is 0 Å². The number of hydrogen-bond acceptors (Lipinski definition) is 3. The van der Waals surface area contributed by atoms with Gasteiger partial charge in [-0.1, -0.05) is 30.3 Å². The molecule has 0 heterocycles. The fraction of sp³-hybridized carbons (Fsp3) is 0.632. The highest BCUT2D eigenvalue weighted by atomic mass is 16.5. The molecule has 1 fully saturated rings. The Kier molecular flexibility index (Phi) is 6.01. The van der Waals surface area contributed by atoms with Crippen LogP contribution in [0.25, 0.3) is 0 Å². The fourth-order valence-corrected chi connectivity index (χ4v) is 3.93. The largest absolute Gasteiger partial charge is 0.463 e. The first-order chi connectivity index (χ1) is 10.5. The highest BCUT2D eigenvalue weighted by Crippen LogP contribution is 2.40.